The molecule has 0 aliphatic heterocycles. The van der Waals surface area contributed by atoms with Gasteiger partial charge in [-0.1, -0.05) is 11.6 Å². The fourth-order valence-corrected chi connectivity index (χ4v) is 7.71. The van der Waals surface area contributed by atoms with Crippen LogP contribution in [-0.4, -0.2) is 53.2 Å². The van der Waals surface area contributed by atoms with Gasteiger partial charge in [0, 0.05) is 17.3 Å². The van der Waals surface area contributed by atoms with Crippen LogP contribution in [0.15, 0.2) is 41.3 Å². The molecule has 1 amide bonds. The summed E-state index contributed by atoms with van der Waals surface area (Å²) < 4.78 is 53.5. The van der Waals surface area contributed by atoms with E-state index in [1.54, 1.807) is 0 Å². The Kier molecular flexibility index (Phi) is 6.73. The third kappa shape index (κ3) is 4.22. The molecule has 0 saturated heterocycles. The molecular formula is C23H24ClF2NO6S. The van der Waals surface area contributed by atoms with E-state index in [9.17, 15) is 37.3 Å². The first-order valence-corrected chi connectivity index (χ1v) is 12.7. The van der Waals surface area contributed by atoms with Crippen molar-refractivity contribution in [3.05, 3.63) is 58.6 Å². The van der Waals surface area contributed by atoms with Crippen LogP contribution in [0.1, 0.15) is 36.0 Å². The van der Waals surface area contributed by atoms with Crippen molar-refractivity contribution in [2.45, 2.75) is 47.5 Å². The highest BCUT2D eigenvalue weighted by molar-refractivity contribution is 7.92. The van der Waals surface area contributed by atoms with Gasteiger partial charge in [0.2, 0.25) is 0 Å². The minimum Gasteiger partial charge on any atom is -0.394 e. The van der Waals surface area contributed by atoms with E-state index in [4.69, 9.17) is 11.6 Å². The number of aliphatic hydroxyl groups excluding tert-OH is 2. The number of nitrogens with one attached hydrogen (secondary N) is 1. The largest absolute Gasteiger partial charge is 0.394 e. The number of hydrogen-bond donors (Lipinski definition) is 4. The molecule has 7 nitrogen and oxygen atoms in total. The third-order valence-corrected chi connectivity index (χ3v) is 9.74. The Morgan fingerprint density at radius 3 is 2.35 bits per heavy atom. The Morgan fingerprint density at radius 2 is 1.76 bits per heavy atom. The standard InChI is InChI=1S/C23H24ClF2NO6S/c24-17-5-1-12(22(30)27-15-4-6-18(25)19(26)10-15)7-20(17)34(32,33)16-8-13-2-3-14(9-16)23(13,31)21(29)11-28/h1,4-7,10,13-14,16,21,28-29,31H,2-3,8-9,11H2,(H,27,30)/t13-,14+,16-,21-,23-/m1/s1. The van der Waals surface area contributed by atoms with Gasteiger partial charge in [0.1, 0.15) is 6.10 Å². The third-order valence-electron chi connectivity index (χ3n) is 7.09. The van der Waals surface area contributed by atoms with Crippen molar-refractivity contribution in [3.63, 3.8) is 0 Å². The molecule has 34 heavy (non-hydrogen) atoms. The number of amides is 1. The molecule has 5 atom stereocenters. The fraction of sp³-hybridized carbons (Fsp3) is 0.435. The molecule has 2 bridgehead atoms. The highest BCUT2D eigenvalue weighted by atomic mass is 35.5. The summed E-state index contributed by atoms with van der Waals surface area (Å²) in [6.07, 6.45) is -0.161. The summed E-state index contributed by atoms with van der Waals surface area (Å²) in [5, 5.41) is 31.9. The molecule has 2 aliphatic rings. The molecular weight excluding hydrogens is 492 g/mol. The molecule has 4 N–H and O–H groups in total. The average Bonchev–Trinajstić information content (AvgIpc) is 2.97. The molecule has 0 unspecified atom stereocenters. The number of sulfone groups is 1. The lowest BCUT2D eigenvalue weighted by Gasteiger charge is -2.44. The van der Waals surface area contributed by atoms with Crippen LogP contribution in [-0.2, 0) is 9.84 Å². The fourth-order valence-electron chi connectivity index (χ4n) is 5.31. The molecule has 2 aromatic rings. The van der Waals surface area contributed by atoms with Crippen LogP contribution >= 0.6 is 11.6 Å². The van der Waals surface area contributed by atoms with Crippen LogP contribution in [0, 0.1) is 23.5 Å². The van der Waals surface area contributed by atoms with Crippen LogP contribution < -0.4 is 5.32 Å². The van der Waals surface area contributed by atoms with Gasteiger partial charge in [-0.05, 0) is 67.9 Å². The lowest BCUT2D eigenvalue weighted by molar-refractivity contribution is -0.154. The topological polar surface area (TPSA) is 124 Å². The first kappa shape index (κ1) is 25.0. The first-order valence-electron chi connectivity index (χ1n) is 10.8. The Balaban J connectivity index is 1.59. The highest BCUT2D eigenvalue weighted by Crippen LogP contribution is 2.53. The van der Waals surface area contributed by atoms with Crippen molar-refractivity contribution in [1.82, 2.24) is 0 Å². The highest BCUT2D eigenvalue weighted by Gasteiger charge is 2.58. The minimum absolute atomic E-state index is 0.00570. The number of carbonyl (C=O) groups excluding carboxylic acids is 1. The maximum Gasteiger partial charge on any atom is 0.255 e. The SMILES string of the molecule is O=C(Nc1ccc(F)c(F)c1)c1ccc(Cl)c(S(=O)(=O)[C@@H]2C[C@H]3CC[C@@H](C2)[C@@]3(O)[C@H](O)CO)c1. The molecule has 0 spiro atoms. The normalized spacial score (nSPS) is 27.4. The Bertz CT molecular complexity index is 1210. The molecule has 2 aliphatic carbocycles. The van der Waals surface area contributed by atoms with Gasteiger partial charge in [-0.2, -0.15) is 0 Å². The number of anilines is 1. The lowest BCUT2D eigenvalue weighted by Crippen LogP contribution is -2.56. The van der Waals surface area contributed by atoms with Crippen molar-refractivity contribution in [2.75, 3.05) is 11.9 Å². The van der Waals surface area contributed by atoms with Gasteiger partial charge in [-0.3, -0.25) is 4.79 Å². The van der Waals surface area contributed by atoms with Gasteiger partial charge in [0.05, 0.1) is 27.4 Å². The van der Waals surface area contributed by atoms with Crippen LogP contribution in [0.4, 0.5) is 14.5 Å². The van der Waals surface area contributed by atoms with Gasteiger partial charge in [-0.15, -0.1) is 0 Å². The minimum atomic E-state index is -4.02. The molecule has 11 heteroatoms. The zero-order valence-corrected chi connectivity index (χ0v) is 19.5. The Morgan fingerprint density at radius 1 is 1.12 bits per heavy atom. The van der Waals surface area contributed by atoms with E-state index in [1.165, 1.54) is 18.2 Å². The van der Waals surface area contributed by atoms with Crippen molar-refractivity contribution in [2.24, 2.45) is 11.8 Å². The summed E-state index contributed by atoms with van der Waals surface area (Å²) in [6.45, 7) is -0.623. The molecule has 2 saturated carbocycles. The summed E-state index contributed by atoms with van der Waals surface area (Å²) in [4.78, 5) is 12.4. The number of halogens is 3. The number of hydrogen-bond acceptors (Lipinski definition) is 6. The van der Waals surface area contributed by atoms with Gasteiger partial charge < -0.3 is 20.6 Å². The van der Waals surface area contributed by atoms with Crippen molar-refractivity contribution >= 4 is 33.0 Å². The predicted molar refractivity (Wildman–Crippen MR) is 120 cm³/mol. The van der Waals surface area contributed by atoms with E-state index < -0.39 is 62.8 Å². The number of rotatable bonds is 6. The maximum absolute atomic E-state index is 13.5. The van der Waals surface area contributed by atoms with Gasteiger partial charge in [0.25, 0.3) is 5.91 Å². The van der Waals surface area contributed by atoms with E-state index in [1.807, 2.05) is 0 Å². The van der Waals surface area contributed by atoms with Gasteiger partial charge in [0.15, 0.2) is 21.5 Å². The molecule has 2 aromatic carbocycles. The summed E-state index contributed by atoms with van der Waals surface area (Å²) >= 11 is 6.20. The molecule has 4 rings (SSSR count). The molecule has 2 fully saturated rings. The number of fused-ring (bicyclic) bond motifs is 2. The molecule has 0 heterocycles. The van der Waals surface area contributed by atoms with Gasteiger partial charge >= 0.3 is 0 Å². The molecule has 0 aromatic heterocycles. The molecule has 184 valence electrons. The number of aliphatic hydroxyl groups is 3. The second kappa shape index (κ2) is 9.16. The number of carbonyl (C=O) groups is 1. The summed E-state index contributed by atoms with van der Waals surface area (Å²) in [7, 11) is -4.02. The lowest BCUT2D eigenvalue weighted by atomic mass is 9.71. The predicted octanol–water partition coefficient (Wildman–Crippen LogP) is 2.92. The Labute approximate surface area is 200 Å². The monoisotopic (exact) mass is 515 g/mol. The van der Waals surface area contributed by atoms with Crippen molar-refractivity contribution in [3.8, 4) is 0 Å². The maximum atomic E-state index is 13.5. The summed E-state index contributed by atoms with van der Waals surface area (Å²) in [6, 6.07) is 6.56. The van der Waals surface area contributed by atoms with E-state index in [2.05, 4.69) is 5.32 Å². The second-order valence-electron chi connectivity index (χ2n) is 8.92. The smallest absolute Gasteiger partial charge is 0.255 e. The van der Waals surface area contributed by atoms with E-state index >= 15 is 0 Å². The van der Waals surface area contributed by atoms with E-state index in [-0.39, 0.29) is 34.0 Å². The zero-order valence-electron chi connectivity index (χ0n) is 17.9. The first-order chi connectivity index (χ1) is 16.0. The van der Waals surface area contributed by atoms with Crippen LogP contribution in [0.3, 0.4) is 0 Å². The Hall–Kier alpha value is -2.11. The summed E-state index contributed by atoms with van der Waals surface area (Å²) in [5.74, 6) is -3.96. The van der Waals surface area contributed by atoms with Crippen molar-refractivity contribution in [1.29, 1.82) is 0 Å². The van der Waals surface area contributed by atoms with Crippen LogP contribution in [0.5, 0.6) is 0 Å². The number of benzene rings is 2. The quantitative estimate of drug-likeness (QED) is 0.469. The van der Waals surface area contributed by atoms with Gasteiger partial charge in [-0.25, -0.2) is 17.2 Å². The van der Waals surface area contributed by atoms with E-state index in [0.29, 0.717) is 12.8 Å². The second-order valence-corrected chi connectivity index (χ2v) is 11.5. The van der Waals surface area contributed by atoms with Crippen molar-refractivity contribution < 1.29 is 37.3 Å². The van der Waals surface area contributed by atoms with Crippen LogP contribution in [0.2, 0.25) is 5.02 Å². The average molecular weight is 516 g/mol. The van der Waals surface area contributed by atoms with E-state index in [0.717, 1.165) is 18.2 Å². The van der Waals surface area contributed by atoms with Crippen LogP contribution in [0.25, 0.3) is 0 Å². The summed E-state index contributed by atoms with van der Waals surface area (Å²) in [5.41, 5.74) is -1.59. The zero-order chi connectivity index (χ0) is 24.8. The molecule has 0 radical (unpaired) electrons.